The first-order valence-electron chi connectivity index (χ1n) is 11.7. The van der Waals surface area contributed by atoms with E-state index in [1.807, 2.05) is 11.4 Å². The van der Waals surface area contributed by atoms with Crippen molar-refractivity contribution >= 4 is 29.2 Å². The molecule has 2 heterocycles. The Bertz CT molecular complexity index is 1060. The molecule has 0 radical (unpaired) electrons. The second-order valence-electron chi connectivity index (χ2n) is 9.28. The summed E-state index contributed by atoms with van der Waals surface area (Å²) in [6, 6.07) is 7.62. The molecular formula is C25H28FN3O3S. The van der Waals surface area contributed by atoms with Crippen molar-refractivity contribution in [3.8, 4) is 0 Å². The van der Waals surface area contributed by atoms with Crippen LogP contribution in [0.1, 0.15) is 60.9 Å². The van der Waals surface area contributed by atoms with Crippen LogP contribution >= 0.6 is 11.3 Å². The number of aryl methyl sites for hydroxylation is 1. The minimum Gasteiger partial charge on any atom is -0.334 e. The summed E-state index contributed by atoms with van der Waals surface area (Å²) >= 11 is 1.61. The second kappa shape index (κ2) is 8.89. The van der Waals surface area contributed by atoms with E-state index in [9.17, 15) is 18.8 Å². The van der Waals surface area contributed by atoms with Gasteiger partial charge in [0, 0.05) is 23.0 Å². The average molecular weight is 470 g/mol. The molecule has 1 spiro atoms. The normalized spacial score (nSPS) is 23.0. The highest BCUT2D eigenvalue weighted by molar-refractivity contribution is 7.10. The molecule has 1 aliphatic heterocycles. The lowest BCUT2D eigenvalue weighted by Gasteiger charge is -2.35. The molecule has 1 aromatic carbocycles. The third-order valence-electron chi connectivity index (χ3n) is 7.23. The molecule has 1 aromatic heterocycles. The van der Waals surface area contributed by atoms with Crippen molar-refractivity contribution in [2.24, 2.45) is 0 Å². The number of urea groups is 1. The van der Waals surface area contributed by atoms with Gasteiger partial charge in [-0.25, -0.2) is 9.18 Å². The standard InChI is InChI=1S/C25H28FN3O3S/c26-18-10-8-17(9-11-18)15-28(19-5-2-1-3-6-19)22(30)16-29-23(31)25(27-24(29)32)13-4-7-21-20(25)12-14-33-21/h8-12,14,19H,1-7,13,15-16H2,(H,27,32)/t25-/m1/s1. The fraction of sp³-hybridized carbons (Fsp3) is 0.480. The van der Waals surface area contributed by atoms with Gasteiger partial charge < -0.3 is 10.2 Å². The van der Waals surface area contributed by atoms with Gasteiger partial charge in [-0.05, 0) is 61.2 Å². The third kappa shape index (κ3) is 4.05. The number of benzene rings is 1. The summed E-state index contributed by atoms with van der Waals surface area (Å²) in [5.74, 6) is -0.891. The van der Waals surface area contributed by atoms with E-state index in [1.165, 1.54) is 12.1 Å². The molecule has 1 saturated heterocycles. The molecule has 0 unspecified atom stereocenters. The van der Waals surface area contributed by atoms with E-state index in [0.29, 0.717) is 13.0 Å². The molecule has 8 heteroatoms. The van der Waals surface area contributed by atoms with Crippen LogP contribution in [-0.4, -0.2) is 40.2 Å². The fourth-order valence-corrected chi connectivity index (χ4v) is 6.51. The number of halogens is 1. The quantitative estimate of drug-likeness (QED) is 0.663. The summed E-state index contributed by atoms with van der Waals surface area (Å²) < 4.78 is 13.4. The lowest BCUT2D eigenvalue weighted by Crippen LogP contribution is -2.49. The Labute approximate surface area is 196 Å². The van der Waals surface area contributed by atoms with Gasteiger partial charge in [0.1, 0.15) is 17.9 Å². The van der Waals surface area contributed by atoms with E-state index in [2.05, 4.69) is 5.32 Å². The van der Waals surface area contributed by atoms with Gasteiger partial charge >= 0.3 is 6.03 Å². The average Bonchev–Trinajstić information content (AvgIpc) is 3.40. The Balaban J connectivity index is 1.37. The highest BCUT2D eigenvalue weighted by atomic mass is 32.1. The number of carbonyl (C=O) groups excluding carboxylic acids is 3. The number of imide groups is 1. The number of fused-ring (bicyclic) bond motifs is 2. The highest BCUT2D eigenvalue weighted by Gasteiger charge is 2.54. The van der Waals surface area contributed by atoms with Crippen molar-refractivity contribution in [1.82, 2.24) is 15.1 Å². The van der Waals surface area contributed by atoms with Crippen LogP contribution in [0.25, 0.3) is 0 Å². The summed E-state index contributed by atoms with van der Waals surface area (Å²) in [4.78, 5) is 43.9. The Kier molecular flexibility index (Phi) is 5.95. The molecular weight excluding hydrogens is 441 g/mol. The predicted molar refractivity (Wildman–Crippen MR) is 123 cm³/mol. The van der Waals surface area contributed by atoms with Gasteiger partial charge in [-0.2, -0.15) is 0 Å². The highest BCUT2D eigenvalue weighted by Crippen LogP contribution is 2.42. The maximum atomic E-state index is 13.5. The maximum Gasteiger partial charge on any atom is 0.325 e. The molecule has 2 aromatic rings. The third-order valence-corrected chi connectivity index (χ3v) is 8.21. The van der Waals surface area contributed by atoms with Gasteiger partial charge in [-0.15, -0.1) is 11.3 Å². The fourth-order valence-electron chi connectivity index (χ4n) is 5.51. The van der Waals surface area contributed by atoms with E-state index >= 15 is 0 Å². The Hall–Kier alpha value is -2.74. The van der Waals surface area contributed by atoms with Crippen LogP contribution < -0.4 is 5.32 Å². The van der Waals surface area contributed by atoms with Gasteiger partial charge in [-0.1, -0.05) is 31.4 Å². The number of hydrogen-bond acceptors (Lipinski definition) is 4. The van der Waals surface area contributed by atoms with E-state index in [0.717, 1.165) is 65.8 Å². The van der Waals surface area contributed by atoms with E-state index in [-0.39, 0.29) is 30.2 Å². The number of amides is 4. The SMILES string of the molecule is O=C1N[C@@]2(CCCc3sccc32)C(=O)N1CC(=O)N(Cc1ccc(F)cc1)C1CCCCC1. The Morgan fingerprint density at radius 2 is 1.88 bits per heavy atom. The topological polar surface area (TPSA) is 69.7 Å². The largest absolute Gasteiger partial charge is 0.334 e. The molecule has 5 rings (SSSR count). The molecule has 1 saturated carbocycles. The van der Waals surface area contributed by atoms with Gasteiger partial charge in [0.15, 0.2) is 0 Å². The van der Waals surface area contributed by atoms with Crippen LogP contribution in [0, 0.1) is 5.82 Å². The van der Waals surface area contributed by atoms with Crippen molar-refractivity contribution in [2.75, 3.05) is 6.54 Å². The van der Waals surface area contributed by atoms with E-state index in [4.69, 9.17) is 0 Å². The summed E-state index contributed by atoms with van der Waals surface area (Å²) in [5.41, 5.74) is 0.666. The molecule has 3 aliphatic rings. The molecule has 1 N–H and O–H groups in total. The van der Waals surface area contributed by atoms with Crippen LogP contribution in [0.2, 0.25) is 0 Å². The monoisotopic (exact) mass is 469 g/mol. The first kappa shape index (κ1) is 22.1. The zero-order valence-electron chi connectivity index (χ0n) is 18.5. The predicted octanol–water partition coefficient (Wildman–Crippen LogP) is 4.33. The van der Waals surface area contributed by atoms with Gasteiger partial charge in [0.05, 0.1) is 0 Å². The molecule has 4 amide bonds. The minimum atomic E-state index is -1.04. The van der Waals surface area contributed by atoms with Crippen LogP contribution in [0.15, 0.2) is 35.7 Å². The lowest BCUT2D eigenvalue weighted by molar-refractivity contribution is -0.141. The summed E-state index contributed by atoms with van der Waals surface area (Å²) in [6.45, 7) is 0.0663. The Morgan fingerprint density at radius 3 is 2.64 bits per heavy atom. The number of rotatable bonds is 5. The maximum absolute atomic E-state index is 13.5. The van der Waals surface area contributed by atoms with Crippen LogP contribution in [0.5, 0.6) is 0 Å². The van der Waals surface area contributed by atoms with Crippen LogP contribution in [-0.2, 0) is 28.1 Å². The number of nitrogens with one attached hydrogen (secondary N) is 1. The lowest BCUT2D eigenvalue weighted by atomic mass is 9.80. The van der Waals surface area contributed by atoms with Crippen molar-refractivity contribution in [1.29, 1.82) is 0 Å². The smallest absolute Gasteiger partial charge is 0.325 e. The summed E-state index contributed by atoms with van der Waals surface area (Å²) in [6.07, 6.45) is 7.31. The first-order chi connectivity index (χ1) is 16.0. The Morgan fingerprint density at radius 1 is 1.12 bits per heavy atom. The zero-order valence-corrected chi connectivity index (χ0v) is 19.3. The molecule has 2 aliphatic carbocycles. The summed E-state index contributed by atoms with van der Waals surface area (Å²) in [5, 5.41) is 4.88. The molecule has 6 nitrogen and oxygen atoms in total. The van der Waals surface area contributed by atoms with Gasteiger partial charge in [0.25, 0.3) is 5.91 Å². The first-order valence-corrected chi connectivity index (χ1v) is 12.6. The number of hydrogen-bond donors (Lipinski definition) is 1. The van der Waals surface area contributed by atoms with Crippen molar-refractivity contribution < 1.29 is 18.8 Å². The van der Waals surface area contributed by atoms with Crippen LogP contribution in [0.4, 0.5) is 9.18 Å². The van der Waals surface area contributed by atoms with Crippen molar-refractivity contribution in [3.05, 3.63) is 57.5 Å². The number of carbonyl (C=O) groups is 3. The molecule has 1 atom stereocenters. The minimum absolute atomic E-state index is 0.0594. The number of thiophene rings is 1. The molecule has 0 bridgehead atoms. The van der Waals surface area contributed by atoms with E-state index in [1.54, 1.807) is 28.4 Å². The molecule has 174 valence electrons. The van der Waals surface area contributed by atoms with Gasteiger partial charge in [0.2, 0.25) is 5.91 Å². The molecule has 2 fully saturated rings. The molecule has 33 heavy (non-hydrogen) atoms. The summed E-state index contributed by atoms with van der Waals surface area (Å²) in [7, 11) is 0. The van der Waals surface area contributed by atoms with E-state index < -0.39 is 11.6 Å². The van der Waals surface area contributed by atoms with Crippen LogP contribution in [0.3, 0.4) is 0 Å². The van der Waals surface area contributed by atoms with Crippen molar-refractivity contribution in [2.45, 2.75) is 69.5 Å². The van der Waals surface area contributed by atoms with Crippen molar-refractivity contribution in [3.63, 3.8) is 0 Å². The second-order valence-corrected chi connectivity index (χ2v) is 10.3. The number of nitrogens with zero attached hydrogens (tertiary/aromatic N) is 2. The zero-order chi connectivity index (χ0) is 23.0. The van der Waals surface area contributed by atoms with Gasteiger partial charge in [-0.3, -0.25) is 14.5 Å².